The minimum absolute atomic E-state index is 1.05. The molecular formula is C20H23NS. The van der Waals surface area contributed by atoms with Gasteiger partial charge in [0, 0.05) is 17.2 Å². The zero-order valence-electron chi connectivity index (χ0n) is 13.6. The molecule has 0 fully saturated rings. The topological polar surface area (TPSA) is 3.24 Å². The van der Waals surface area contributed by atoms with E-state index in [-0.39, 0.29) is 0 Å². The van der Waals surface area contributed by atoms with E-state index in [9.17, 15) is 0 Å². The highest BCUT2D eigenvalue weighted by Crippen LogP contribution is 2.40. The molecule has 1 nitrogen and oxygen atoms in total. The van der Waals surface area contributed by atoms with Crippen LogP contribution in [0.1, 0.15) is 28.7 Å². The fourth-order valence-corrected chi connectivity index (χ4v) is 3.93. The van der Waals surface area contributed by atoms with Gasteiger partial charge in [0.15, 0.2) is 0 Å². The Morgan fingerprint density at radius 2 is 1.91 bits per heavy atom. The predicted molar refractivity (Wildman–Crippen MR) is 97.4 cm³/mol. The van der Waals surface area contributed by atoms with Gasteiger partial charge in [-0.05, 0) is 55.8 Å². The van der Waals surface area contributed by atoms with Crippen LogP contribution < -0.4 is 0 Å². The van der Waals surface area contributed by atoms with Crippen molar-refractivity contribution in [2.24, 2.45) is 0 Å². The number of fused-ring (bicyclic) bond motifs is 2. The van der Waals surface area contributed by atoms with E-state index >= 15 is 0 Å². The van der Waals surface area contributed by atoms with Gasteiger partial charge < -0.3 is 4.90 Å². The van der Waals surface area contributed by atoms with Crippen molar-refractivity contribution >= 4 is 17.3 Å². The predicted octanol–water partition coefficient (Wildman–Crippen LogP) is 4.98. The first kappa shape index (κ1) is 15.4. The molecule has 22 heavy (non-hydrogen) atoms. The zero-order chi connectivity index (χ0) is 15.5. The first-order valence-corrected chi connectivity index (χ1v) is 8.80. The minimum atomic E-state index is 1.05. The van der Waals surface area contributed by atoms with E-state index in [1.807, 2.05) is 11.8 Å². The van der Waals surface area contributed by atoms with Crippen LogP contribution in [0.5, 0.6) is 0 Å². The summed E-state index contributed by atoms with van der Waals surface area (Å²) >= 11 is 1.95. The van der Waals surface area contributed by atoms with Gasteiger partial charge in [0.25, 0.3) is 0 Å². The molecule has 1 aliphatic rings. The molecule has 0 radical (unpaired) electrons. The third-order valence-corrected chi connectivity index (χ3v) is 5.16. The molecule has 1 heterocycles. The van der Waals surface area contributed by atoms with Gasteiger partial charge in [-0.3, -0.25) is 0 Å². The average molecular weight is 309 g/mol. The fourth-order valence-electron chi connectivity index (χ4n) is 2.88. The van der Waals surface area contributed by atoms with Crippen molar-refractivity contribution in [3.05, 3.63) is 70.8 Å². The average Bonchev–Trinajstić information content (AvgIpc) is 2.65. The Morgan fingerprint density at radius 1 is 1.09 bits per heavy atom. The van der Waals surface area contributed by atoms with Gasteiger partial charge in [0.2, 0.25) is 0 Å². The van der Waals surface area contributed by atoms with Crippen LogP contribution >= 0.6 is 11.8 Å². The Morgan fingerprint density at radius 3 is 2.73 bits per heavy atom. The molecular weight excluding hydrogens is 286 g/mol. The summed E-state index contributed by atoms with van der Waals surface area (Å²) in [6.45, 7) is 3.26. The van der Waals surface area contributed by atoms with Crippen molar-refractivity contribution in [1.29, 1.82) is 0 Å². The number of hydrogen-bond acceptors (Lipinski definition) is 2. The number of benzene rings is 2. The lowest BCUT2D eigenvalue weighted by atomic mass is 9.93. The molecule has 0 N–H and O–H groups in total. The second-order valence-corrected chi connectivity index (χ2v) is 7.17. The summed E-state index contributed by atoms with van der Waals surface area (Å²) in [7, 11) is 4.26. The maximum atomic E-state index is 2.42. The lowest BCUT2D eigenvalue weighted by Crippen LogP contribution is -2.12. The summed E-state index contributed by atoms with van der Waals surface area (Å²) in [5, 5.41) is 0. The van der Waals surface area contributed by atoms with Crippen LogP contribution in [0.15, 0.2) is 53.4 Å². The lowest BCUT2D eigenvalue weighted by molar-refractivity contribution is 0.417. The third kappa shape index (κ3) is 3.29. The van der Waals surface area contributed by atoms with E-state index in [1.165, 1.54) is 32.7 Å². The molecule has 0 saturated carbocycles. The largest absolute Gasteiger partial charge is 0.309 e. The molecule has 0 aromatic heterocycles. The van der Waals surface area contributed by atoms with Crippen LogP contribution in [-0.2, 0) is 5.75 Å². The second-order valence-electron chi connectivity index (χ2n) is 6.16. The molecule has 1 aliphatic heterocycles. The monoisotopic (exact) mass is 309 g/mol. The SMILES string of the molecule is Cc1ccc2c(c1)/C(=C/CCN(C)C)c1ccccc1CS2. The summed E-state index contributed by atoms with van der Waals surface area (Å²) in [5.74, 6) is 1.05. The number of aryl methyl sites for hydroxylation is 1. The van der Waals surface area contributed by atoms with Crippen LogP contribution in [0.4, 0.5) is 0 Å². The minimum Gasteiger partial charge on any atom is -0.309 e. The van der Waals surface area contributed by atoms with Gasteiger partial charge in [0.05, 0.1) is 0 Å². The van der Waals surface area contributed by atoms with Crippen molar-refractivity contribution in [3.8, 4) is 0 Å². The van der Waals surface area contributed by atoms with Gasteiger partial charge in [-0.25, -0.2) is 0 Å². The van der Waals surface area contributed by atoms with Crippen LogP contribution in [-0.4, -0.2) is 25.5 Å². The summed E-state index contributed by atoms with van der Waals surface area (Å²) in [6, 6.07) is 15.7. The highest BCUT2D eigenvalue weighted by Gasteiger charge is 2.18. The summed E-state index contributed by atoms with van der Waals surface area (Å²) in [5.41, 5.74) is 6.97. The molecule has 0 unspecified atom stereocenters. The normalized spacial score (nSPS) is 15.5. The standard InChI is InChI=1S/C20H23NS/c1-15-10-11-20-19(13-15)18(9-6-12-21(2)3)17-8-5-4-7-16(17)14-22-20/h4-5,7-11,13H,6,12,14H2,1-3H3/b18-9+. The molecule has 114 valence electrons. The van der Waals surface area contributed by atoms with Crippen LogP contribution in [0, 0.1) is 6.92 Å². The van der Waals surface area contributed by atoms with E-state index in [2.05, 4.69) is 74.5 Å². The van der Waals surface area contributed by atoms with Crippen LogP contribution in [0.3, 0.4) is 0 Å². The maximum absolute atomic E-state index is 2.42. The van der Waals surface area contributed by atoms with Gasteiger partial charge in [-0.1, -0.05) is 48.0 Å². The molecule has 0 aliphatic carbocycles. The first-order chi connectivity index (χ1) is 10.6. The van der Waals surface area contributed by atoms with Gasteiger partial charge >= 0.3 is 0 Å². The molecule has 0 saturated heterocycles. The van der Waals surface area contributed by atoms with E-state index in [1.54, 1.807) is 0 Å². The first-order valence-electron chi connectivity index (χ1n) is 7.82. The van der Waals surface area contributed by atoms with Crippen molar-refractivity contribution in [3.63, 3.8) is 0 Å². The highest BCUT2D eigenvalue weighted by atomic mass is 32.2. The highest BCUT2D eigenvalue weighted by molar-refractivity contribution is 7.98. The van der Waals surface area contributed by atoms with Crippen molar-refractivity contribution in [1.82, 2.24) is 4.90 Å². The maximum Gasteiger partial charge on any atom is 0.0238 e. The Hall–Kier alpha value is -1.51. The quantitative estimate of drug-likeness (QED) is 0.786. The molecule has 2 aromatic rings. The van der Waals surface area contributed by atoms with Crippen molar-refractivity contribution in [2.75, 3.05) is 20.6 Å². The second kappa shape index (κ2) is 6.72. The summed E-state index contributed by atoms with van der Waals surface area (Å²) in [6.07, 6.45) is 3.50. The van der Waals surface area contributed by atoms with E-state index in [0.717, 1.165) is 18.7 Å². The van der Waals surface area contributed by atoms with Crippen molar-refractivity contribution in [2.45, 2.75) is 24.0 Å². The number of hydrogen-bond donors (Lipinski definition) is 0. The van der Waals surface area contributed by atoms with E-state index < -0.39 is 0 Å². The molecule has 0 atom stereocenters. The Balaban J connectivity index is 2.10. The van der Waals surface area contributed by atoms with Crippen LogP contribution in [0.25, 0.3) is 5.57 Å². The lowest BCUT2D eigenvalue weighted by Gasteiger charge is -2.13. The molecule has 2 aromatic carbocycles. The number of rotatable bonds is 3. The zero-order valence-corrected chi connectivity index (χ0v) is 14.4. The summed E-state index contributed by atoms with van der Waals surface area (Å²) < 4.78 is 0. The molecule has 2 heteroatoms. The molecule has 3 rings (SSSR count). The van der Waals surface area contributed by atoms with Gasteiger partial charge in [-0.15, -0.1) is 11.8 Å². The van der Waals surface area contributed by atoms with Gasteiger partial charge in [-0.2, -0.15) is 0 Å². The van der Waals surface area contributed by atoms with Crippen LogP contribution in [0.2, 0.25) is 0 Å². The Bertz CT molecular complexity index is 701. The van der Waals surface area contributed by atoms with E-state index in [0.29, 0.717) is 0 Å². The van der Waals surface area contributed by atoms with Crippen molar-refractivity contribution < 1.29 is 0 Å². The molecule has 0 spiro atoms. The van der Waals surface area contributed by atoms with Gasteiger partial charge in [0.1, 0.15) is 0 Å². The Labute approximate surface area is 138 Å². The number of thioether (sulfide) groups is 1. The Kier molecular flexibility index (Phi) is 4.70. The van der Waals surface area contributed by atoms with E-state index in [4.69, 9.17) is 0 Å². The molecule has 0 bridgehead atoms. The number of nitrogens with zero attached hydrogens (tertiary/aromatic N) is 1. The smallest absolute Gasteiger partial charge is 0.0238 e. The summed E-state index contributed by atoms with van der Waals surface area (Å²) in [4.78, 5) is 3.64. The fraction of sp³-hybridized carbons (Fsp3) is 0.300. The molecule has 0 amide bonds. The third-order valence-electron chi connectivity index (χ3n) is 4.04.